The predicted molar refractivity (Wildman–Crippen MR) is 397 cm³/mol. The zero-order chi connectivity index (χ0) is 65.6. The van der Waals surface area contributed by atoms with Crippen LogP contribution in [0.5, 0.6) is 0 Å². The molecule has 0 atom stereocenters. The molecule has 0 radical (unpaired) electrons. The second-order valence-electron chi connectivity index (χ2n) is 24.4. The third-order valence-corrected chi connectivity index (χ3v) is 18.7. The smallest absolute Gasteiger partial charge is 0.164 e. The van der Waals surface area contributed by atoms with Crippen LogP contribution in [0, 0.1) is 34.0 Å². The Labute approximate surface area is 566 Å². The van der Waals surface area contributed by atoms with Crippen LogP contribution in [0.25, 0.3) is 167 Å². The summed E-state index contributed by atoms with van der Waals surface area (Å²) >= 11 is 0. The van der Waals surface area contributed by atoms with Crippen LogP contribution in [0.3, 0.4) is 0 Å². The van der Waals surface area contributed by atoms with E-state index in [1.807, 2.05) is 115 Å². The second kappa shape index (κ2) is 24.6. The van der Waals surface area contributed by atoms with Crippen LogP contribution in [0.2, 0.25) is 0 Å². The summed E-state index contributed by atoms with van der Waals surface area (Å²) in [5.41, 5.74) is 23.6. The highest BCUT2D eigenvalue weighted by molar-refractivity contribution is 6.13. The summed E-state index contributed by atoms with van der Waals surface area (Å²) in [6, 6.07) is 120. The van der Waals surface area contributed by atoms with E-state index in [-0.39, 0.29) is 0 Å². The van der Waals surface area contributed by atoms with Crippen molar-refractivity contribution < 1.29 is 0 Å². The van der Waals surface area contributed by atoms with Crippen molar-refractivity contribution in [2.24, 2.45) is 0 Å². The van der Waals surface area contributed by atoms with Crippen molar-refractivity contribution in [3.05, 3.63) is 344 Å². The number of nitrogens with zero attached hydrogens (tertiary/aromatic N) is 8. The Balaban J connectivity index is 0.906. The standard InChI is InChI=1S/C90H54N8/c91-55-58-31-33-65(34-32-58)74-29-13-14-30-75(74)88-94-89(76-41-39-72(53-78(76)70-27-15-17-59(47-70)56-92)97-84-43-35-66(61-19-5-1-6-20-61)49-80(84)81-50-67(36-44-85(81)97)62-21-7-2-8-22-62)96-90(95-88)77-42-40-73(54-79(77)71-28-16-18-60(48-71)57-93)98-86-45-37-68(63-23-9-3-10-24-63)51-82(86)83-52-69(38-46-87(83)98)64-25-11-4-12-26-64/h1-54H. The van der Waals surface area contributed by atoms with Gasteiger partial charge in [0.05, 0.1) is 57.0 Å². The first kappa shape index (κ1) is 58.0. The van der Waals surface area contributed by atoms with Crippen LogP contribution in [0.1, 0.15) is 16.7 Å². The molecule has 14 aromatic carbocycles. The first-order valence-corrected chi connectivity index (χ1v) is 32.5. The molecule has 0 saturated carbocycles. The van der Waals surface area contributed by atoms with Gasteiger partial charge in [-0.15, -0.1) is 0 Å². The average Bonchev–Trinajstić information content (AvgIpc) is 1.55. The molecule has 454 valence electrons. The van der Waals surface area contributed by atoms with Gasteiger partial charge < -0.3 is 9.13 Å². The second-order valence-corrected chi connectivity index (χ2v) is 24.4. The topological polar surface area (TPSA) is 120 Å². The van der Waals surface area contributed by atoms with Crippen molar-refractivity contribution in [1.29, 1.82) is 15.8 Å². The molecule has 8 heteroatoms. The van der Waals surface area contributed by atoms with E-state index in [2.05, 4.69) is 240 Å². The van der Waals surface area contributed by atoms with Gasteiger partial charge in [0, 0.05) is 49.6 Å². The number of hydrogen-bond donors (Lipinski definition) is 0. The summed E-state index contributed by atoms with van der Waals surface area (Å²) in [6.45, 7) is 0. The fourth-order valence-electron chi connectivity index (χ4n) is 14.0. The Hall–Kier alpha value is -13.8. The van der Waals surface area contributed by atoms with E-state index in [0.29, 0.717) is 45.3 Å². The molecule has 17 rings (SSSR count). The van der Waals surface area contributed by atoms with Crippen LogP contribution in [0.4, 0.5) is 0 Å². The van der Waals surface area contributed by atoms with Gasteiger partial charge in [0.15, 0.2) is 17.5 Å². The Morgan fingerprint density at radius 2 is 0.510 bits per heavy atom. The summed E-state index contributed by atoms with van der Waals surface area (Å²) in [6.07, 6.45) is 0. The lowest BCUT2D eigenvalue weighted by Gasteiger charge is -2.18. The molecule has 0 N–H and O–H groups in total. The fraction of sp³-hybridized carbons (Fsp3) is 0. The molecule has 0 bridgehead atoms. The normalized spacial score (nSPS) is 11.2. The molecule has 0 aliphatic rings. The molecule has 3 aromatic heterocycles. The number of rotatable bonds is 12. The minimum absolute atomic E-state index is 0.400. The maximum absolute atomic E-state index is 10.5. The Morgan fingerprint density at radius 3 is 0.857 bits per heavy atom. The quantitative estimate of drug-likeness (QED) is 0.120. The molecular formula is C90H54N8. The lowest BCUT2D eigenvalue weighted by atomic mass is 9.95. The Bertz CT molecular complexity index is 5610. The van der Waals surface area contributed by atoms with Gasteiger partial charge >= 0.3 is 0 Å². The van der Waals surface area contributed by atoms with Crippen LogP contribution in [0.15, 0.2) is 328 Å². The molecule has 17 aromatic rings. The molecule has 98 heavy (non-hydrogen) atoms. The highest BCUT2D eigenvalue weighted by Crippen LogP contribution is 2.44. The average molecular weight is 1250 g/mol. The maximum Gasteiger partial charge on any atom is 0.164 e. The number of nitriles is 3. The molecule has 3 heterocycles. The molecule has 0 aliphatic carbocycles. The van der Waals surface area contributed by atoms with Crippen molar-refractivity contribution in [3.8, 4) is 142 Å². The number of hydrogen-bond acceptors (Lipinski definition) is 6. The zero-order valence-electron chi connectivity index (χ0n) is 52.8. The molecule has 0 saturated heterocycles. The first-order chi connectivity index (χ1) is 48.4. The highest BCUT2D eigenvalue weighted by Gasteiger charge is 2.24. The first-order valence-electron chi connectivity index (χ1n) is 32.5. The van der Waals surface area contributed by atoms with Crippen LogP contribution in [-0.2, 0) is 0 Å². The third kappa shape index (κ3) is 10.5. The Morgan fingerprint density at radius 1 is 0.204 bits per heavy atom. The van der Waals surface area contributed by atoms with Gasteiger partial charge in [0.1, 0.15) is 0 Å². The Kier molecular flexibility index (Phi) is 14.5. The lowest BCUT2D eigenvalue weighted by Crippen LogP contribution is -2.04. The third-order valence-electron chi connectivity index (χ3n) is 18.7. The molecule has 0 unspecified atom stereocenters. The highest BCUT2D eigenvalue weighted by atomic mass is 15.0. The lowest BCUT2D eigenvalue weighted by molar-refractivity contribution is 1.07. The van der Waals surface area contributed by atoms with Gasteiger partial charge in [-0.05, 0) is 199 Å². The van der Waals surface area contributed by atoms with Gasteiger partial charge in [-0.3, -0.25) is 0 Å². The van der Waals surface area contributed by atoms with Gasteiger partial charge in [-0.25, -0.2) is 15.0 Å². The molecule has 8 nitrogen and oxygen atoms in total. The van der Waals surface area contributed by atoms with E-state index >= 15 is 0 Å². The summed E-state index contributed by atoms with van der Waals surface area (Å²) < 4.78 is 4.66. The molecule has 0 amide bonds. The van der Waals surface area contributed by atoms with Crippen LogP contribution < -0.4 is 0 Å². The molecule has 0 spiro atoms. The monoisotopic (exact) mass is 1250 g/mol. The van der Waals surface area contributed by atoms with Crippen molar-refractivity contribution in [2.45, 2.75) is 0 Å². The van der Waals surface area contributed by atoms with Crippen molar-refractivity contribution in [3.63, 3.8) is 0 Å². The van der Waals surface area contributed by atoms with E-state index < -0.39 is 0 Å². The number of aromatic nitrogens is 5. The SMILES string of the molecule is N#Cc1ccc(-c2ccccc2-c2nc(-c3ccc(-n4c5ccc(-c6ccccc6)cc5c5cc(-c6ccccc6)ccc54)cc3-c3cccc(C#N)c3)nc(-c3ccc(-n4c5ccc(-c6ccccc6)cc5c5cc(-c6ccccc6)ccc54)cc3-c3cccc(C#N)c3)n2)cc1. The summed E-state index contributed by atoms with van der Waals surface area (Å²) in [7, 11) is 0. The van der Waals surface area contributed by atoms with E-state index in [1.165, 1.54) is 0 Å². The van der Waals surface area contributed by atoms with Crippen molar-refractivity contribution >= 4 is 43.6 Å². The van der Waals surface area contributed by atoms with Gasteiger partial charge in [0.25, 0.3) is 0 Å². The maximum atomic E-state index is 10.5. The van der Waals surface area contributed by atoms with Crippen LogP contribution >= 0.6 is 0 Å². The van der Waals surface area contributed by atoms with Gasteiger partial charge in [0.2, 0.25) is 0 Å². The largest absolute Gasteiger partial charge is 0.309 e. The molecule has 0 fully saturated rings. The summed E-state index contributed by atoms with van der Waals surface area (Å²) in [5.74, 6) is 1.22. The van der Waals surface area contributed by atoms with Gasteiger partial charge in [-0.1, -0.05) is 206 Å². The van der Waals surface area contributed by atoms with E-state index in [1.54, 1.807) is 0 Å². The van der Waals surface area contributed by atoms with E-state index in [4.69, 9.17) is 15.0 Å². The molecular weight excluding hydrogens is 1190 g/mol. The van der Waals surface area contributed by atoms with Crippen LogP contribution in [-0.4, -0.2) is 24.1 Å². The number of benzene rings is 14. The van der Waals surface area contributed by atoms with E-state index in [0.717, 1.165) is 138 Å². The van der Waals surface area contributed by atoms with Crippen molar-refractivity contribution in [1.82, 2.24) is 24.1 Å². The van der Waals surface area contributed by atoms with Gasteiger partial charge in [-0.2, -0.15) is 15.8 Å². The summed E-state index contributed by atoms with van der Waals surface area (Å²) in [4.78, 5) is 16.7. The fourth-order valence-corrected chi connectivity index (χ4v) is 14.0. The number of fused-ring (bicyclic) bond motifs is 6. The van der Waals surface area contributed by atoms with E-state index in [9.17, 15) is 15.8 Å². The predicted octanol–water partition coefficient (Wildman–Crippen LogP) is 22.4. The summed E-state index contributed by atoms with van der Waals surface area (Å²) in [5, 5.41) is 35.4. The van der Waals surface area contributed by atoms with Crippen molar-refractivity contribution in [2.75, 3.05) is 0 Å². The molecule has 0 aliphatic heterocycles. The zero-order valence-corrected chi connectivity index (χ0v) is 52.8. The minimum atomic E-state index is 0.400. The minimum Gasteiger partial charge on any atom is -0.309 e.